The number of hydroxylamine groups is 1. The molecule has 1 fully saturated rings. The van der Waals surface area contributed by atoms with Crippen LogP contribution in [0.3, 0.4) is 0 Å². The number of likely N-dealkylation sites (N-methyl/N-ethyl adjacent to an activating group) is 1. The molecule has 5 rings (SSSR count). The van der Waals surface area contributed by atoms with Gasteiger partial charge in [-0.15, -0.1) is 0 Å². The molecule has 2 heterocycles. The maximum atomic E-state index is 13.2. The standard InChI is InChI=1S/C31H33N5O5/c1-35-14-16-36(17-15-35)18-19-41-34-29(37)22-8-11-24(12-9-22)32-28(21-6-4-3-5-7-21)27-25-13-10-23(31(39)40-2)20-26(25)33-30(27)38/h3-13,20,32H,14-19H2,1-2H3,(H,33,38)(H,34,37)/b28-27-. The van der Waals surface area contributed by atoms with Crippen LogP contribution in [0.25, 0.3) is 11.3 Å². The van der Waals surface area contributed by atoms with Gasteiger partial charge in [-0.25, -0.2) is 10.3 Å². The highest BCUT2D eigenvalue weighted by atomic mass is 16.7. The van der Waals surface area contributed by atoms with Gasteiger partial charge < -0.3 is 20.3 Å². The smallest absolute Gasteiger partial charge is 0.337 e. The van der Waals surface area contributed by atoms with E-state index in [1.807, 2.05) is 30.3 Å². The summed E-state index contributed by atoms with van der Waals surface area (Å²) in [5, 5.41) is 6.23. The van der Waals surface area contributed by atoms with Gasteiger partial charge in [0.05, 0.1) is 36.2 Å². The van der Waals surface area contributed by atoms with Crippen LogP contribution in [0.2, 0.25) is 0 Å². The van der Waals surface area contributed by atoms with Crippen molar-refractivity contribution in [1.29, 1.82) is 0 Å². The number of nitrogens with one attached hydrogen (secondary N) is 3. The van der Waals surface area contributed by atoms with Crippen molar-refractivity contribution in [1.82, 2.24) is 15.3 Å². The summed E-state index contributed by atoms with van der Waals surface area (Å²) in [7, 11) is 3.43. The molecule has 212 valence electrons. The summed E-state index contributed by atoms with van der Waals surface area (Å²) < 4.78 is 4.81. The fraction of sp³-hybridized carbons (Fsp3) is 0.258. The normalized spacial score (nSPS) is 16.5. The monoisotopic (exact) mass is 555 g/mol. The van der Waals surface area contributed by atoms with E-state index in [1.165, 1.54) is 7.11 Å². The van der Waals surface area contributed by atoms with E-state index in [9.17, 15) is 14.4 Å². The Morgan fingerprint density at radius 3 is 2.32 bits per heavy atom. The number of hydrogen-bond donors (Lipinski definition) is 3. The lowest BCUT2D eigenvalue weighted by molar-refractivity contribution is -0.110. The zero-order chi connectivity index (χ0) is 28.8. The Hall–Kier alpha value is -4.51. The van der Waals surface area contributed by atoms with E-state index in [0.717, 1.165) is 38.3 Å². The lowest BCUT2D eigenvalue weighted by atomic mass is 9.99. The first-order valence-corrected chi connectivity index (χ1v) is 13.5. The summed E-state index contributed by atoms with van der Waals surface area (Å²) in [6, 6.07) is 21.4. The highest BCUT2D eigenvalue weighted by molar-refractivity contribution is 6.37. The Kier molecular flexibility index (Phi) is 8.73. The number of carbonyl (C=O) groups excluding carboxylic acids is 3. The molecule has 1 saturated heterocycles. The van der Waals surface area contributed by atoms with Crippen LogP contribution in [0.1, 0.15) is 31.8 Å². The van der Waals surface area contributed by atoms with Gasteiger partial charge >= 0.3 is 5.97 Å². The third-order valence-electron chi connectivity index (χ3n) is 7.18. The lowest BCUT2D eigenvalue weighted by Gasteiger charge is -2.32. The maximum absolute atomic E-state index is 13.2. The topological polar surface area (TPSA) is 112 Å². The molecule has 2 amide bonds. The molecule has 0 unspecified atom stereocenters. The molecular weight excluding hydrogens is 522 g/mol. The van der Waals surface area contributed by atoms with Gasteiger partial charge in [-0.2, -0.15) is 0 Å². The number of piperazine rings is 1. The van der Waals surface area contributed by atoms with Gasteiger partial charge in [0.2, 0.25) is 0 Å². The quantitative estimate of drug-likeness (QED) is 0.160. The average molecular weight is 556 g/mol. The maximum Gasteiger partial charge on any atom is 0.337 e. The Morgan fingerprint density at radius 1 is 0.902 bits per heavy atom. The van der Waals surface area contributed by atoms with Crippen molar-refractivity contribution < 1.29 is 24.0 Å². The molecule has 0 saturated carbocycles. The second-order valence-electron chi connectivity index (χ2n) is 9.95. The molecule has 0 atom stereocenters. The molecule has 0 spiro atoms. The first kappa shape index (κ1) is 28.0. The number of ether oxygens (including phenoxy) is 1. The van der Waals surface area contributed by atoms with E-state index in [1.54, 1.807) is 42.5 Å². The predicted octanol–water partition coefficient (Wildman–Crippen LogP) is 3.31. The van der Waals surface area contributed by atoms with Crippen LogP contribution in [0.4, 0.5) is 11.4 Å². The second-order valence-corrected chi connectivity index (χ2v) is 9.95. The highest BCUT2D eigenvalue weighted by Crippen LogP contribution is 2.38. The fourth-order valence-corrected chi connectivity index (χ4v) is 4.82. The minimum atomic E-state index is -0.481. The number of nitrogens with zero attached hydrogens (tertiary/aromatic N) is 2. The van der Waals surface area contributed by atoms with Gasteiger partial charge in [0, 0.05) is 49.5 Å². The summed E-state index contributed by atoms with van der Waals surface area (Å²) in [6.45, 7) is 5.21. The molecule has 3 N–H and O–H groups in total. The molecule has 2 aliphatic heterocycles. The molecule has 10 heteroatoms. The molecule has 0 aromatic heterocycles. The van der Waals surface area contributed by atoms with Crippen molar-refractivity contribution in [2.75, 3.05) is 64.1 Å². The zero-order valence-electron chi connectivity index (χ0n) is 23.1. The fourth-order valence-electron chi connectivity index (χ4n) is 4.82. The number of rotatable bonds is 9. The van der Waals surface area contributed by atoms with Crippen molar-refractivity contribution in [3.8, 4) is 0 Å². The summed E-state index contributed by atoms with van der Waals surface area (Å²) in [5.41, 5.74) is 7.04. The molecule has 41 heavy (non-hydrogen) atoms. The lowest BCUT2D eigenvalue weighted by Crippen LogP contribution is -2.45. The molecule has 2 aliphatic rings. The van der Waals surface area contributed by atoms with Gasteiger partial charge in [0.25, 0.3) is 11.8 Å². The Bertz CT molecular complexity index is 1450. The van der Waals surface area contributed by atoms with Gasteiger partial charge in [-0.3, -0.25) is 19.3 Å². The van der Waals surface area contributed by atoms with Gasteiger partial charge in [0.1, 0.15) is 0 Å². The van der Waals surface area contributed by atoms with Crippen LogP contribution in [0, 0.1) is 0 Å². The second kappa shape index (κ2) is 12.8. The minimum absolute atomic E-state index is 0.293. The van der Waals surface area contributed by atoms with Crippen LogP contribution < -0.4 is 16.1 Å². The molecular formula is C31H33N5O5. The third kappa shape index (κ3) is 6.63. The van der Waals surface area contributed by atoms with Gasteiger partial charge in [0.15, 0.2) is 0 Å². The van der Waals surface area contributed by atoms with E-state index >= 15 is 0 Å². The van der Waals surface area contributed by atoms with Crippen LogP contribution in [0.5, 0.6) is 0 Å². The van der Waals surface area contributed by atoms with Crippen LogP contribution >= 0.6 is 0 Å². The van der Waals surface area contributed by atoms with Crippen molar-refractivity contribution in [2.45, 2.75) is 0 Å². The highest BCUT2D eigenvalue weighted by Gasteiger charge is 2.29. The van der Waals surface area contributed by atoms with E-state index in [4.69, 9.17) is 9.57 Å². The summed E-state index contributed by atoms with van der Waals surface area (Å²) in [4.78, 5) is 47.8. The first-order valence-electron chi connectivity index (χ1n) is 13.5. The van der Waals surface area contributed by atoms with Crippen molar-refractivity contribution in [3.05, 3.63) is 95.1 Å². The van der Waals surface area contributed by atoms with E-state index in [-0.39, 0.29) is 11.8 Å². The molecule has 3 aromatic carbocycles. The Balaban J connectivity index is 1.30. The van der Waals surface area contributed by atoms with Gasteiger partial charge in [-0.05, 0) is 49.0 Å². The number of anilines is 2. The minimum Gasteiger partial charge on any atom is -0.465 e. The number of hydrogen-bond acceptors (Lipinski definition) is 8. The Labute approximate surface area is 238 Å². The first-order chi connectivity index (χ1) is 19.9. The van der Waals surface area contributed by atoms with E-state index in [0.29, 0.717) is 45.9 Å². The largest absolute Gasteiger partial charge is 0.465 e. The molecule has 0 bridgehead atoms. The van der Waals surface area contributed by atoms with Crippen molar-refractivity contribution >= 4 is 40.4 Å². The molecule has 0 aliphatic carbocycles. The molecule has 0 radical (unpaired) electrons. The third-order valence-corrected chi connectivity index (χ3v) is 7.18. The van der Waals surface area contributed by atoms with Crippen LogP contribution in [0.15, 0.2) is 72.8 Å². The number of methoxy groups -OCH3 is 1. The van der Waals surface area contributed by atoms with Crippen molar-refractivity contribution in [2.24, 2.45) is 0 Å². The number of amides is 2. The Morgan fingerprint density at radius 2 is 1.61 bits per heavy atom. The molecule has 10 nitrogen and oxygen atoms in total. The SMILES string of the molecule is COC(=O)c1ccc2c(c1)NC(=O)/C2=C(\Nc1ccc(C(=O)NOCCN2CCN(C)CC2)cc1)c1ccccc1. The zero-order valence-corrected chi connectivity index (χ0v) is 23.1. The number of esters is 1. The number of fused-ring (bicyclic) bond motifs is 1. The van der Waals surface area contributed by atoms with E-state index < -0.39 is 5.97 Å². The summed E-state index contributed by atoms with van der Waals surface area (Å²) >= 11 is 0. The summed E-state index contributed by atoms with van der Waals surface area (Å²) in [6.07, 6.45) is 0. The van der Waals surface area contributed by atoms with Gasteiger partial charge in [-0.1, -0.05) is 36.4 Å². The van der Waals surface area contributed by atoms with Crippen LogP contribution in [-0.4, -0.2) is 81.1 Å². The van der Waals surface area contributed by atoms with Crippen molar-refractivity contribution in [3.63, 3.8) is 0 Å². The molecule has 3 aromatic rings. The van der Waals surface area contributed by atoms with Crippen LogP contribution in [-0.2, 0) is 14.4 Å². The van der Waals surface area contributed by atoms with E-state index in [2.05, 4.69) is 33.0 Å². The number of benzene rings is 3. The number of carbonyl (C=O) groups is 3. The average Bonchev–Trinajstić information content (AvgIpc) is 3.33. The summed E-state index contributed by atoms with van der Waals surface area (Å²) in [5.74, 6) is -1.11. The predicted molar refractivity (Wildman–Crippen MR) is 157 cm³/mol.